The van der Waals surface area contributed by atoms with Crippen LogP contribution in [0.15, 0.2) is 0 Å². The van der Waals surface area contributed by atoms with Crippen LogP contribution in [0.3, 0.4) is 0 Å². The van der Waals surface area contributed by atoms with E-state index in [1.165, 1.54) is 64.2 Å². The Hall–Kier alpha value is -0.0800. The van der Waals surface area contributed by atoms with Gasteiger partial charge in [0.05, 0.1) is 6.61 Å². The molecule has 1 atom stereocenters. The van der Waals surface area contributed by atoms with Gasteiger partial charge in [-0.1, -0.05) is 38.5 Å². The largest absolute Gasteiger partial charge is 0.380 e. The van der Waals surface area contributed by atoms with Crippen LogP contribution in [0, 0.1) is 11.8 Å². The van der Waals surface area contributed by atoms with Gasteiger partial charge in [-0.25, -0.2) is 0 Å². The topological polar surface area (TPSA) is 21.3 Å². The summed E-state index contributed by atoms with van der Waals surface area (Å²) in [6.45, 7) is 1.93. The van der Waals surface area contributed by atoms with Crippen molar-refractivity contribution in [2.75, 3.05) is 20.3 Å². The summed E-state index contributed by atoms with van der Waals surface area (Å²) in [5.41, 5.74) is 0. The maximum absolute atomic E-state index is 6.03. The Bertz CT molecular complexity index is 205. The Labute approximate surface area is 113 Å². The summed E-state index contributed by atoms with van der Waals surface area (Å²) in [5.74, 6) is 1.71. The van der Waals surface area contributed by atoms with Crippen molar-refractivity contribution in [3.05, 3.63) is 0 Å². The lowest BCUT2D eigenvalue weighted by Gasteiger charge is -2.24. The van der Waals surface area contributed by atoms with Crippen LogP contribution in [-0.2, 0) is 4.74 Å². The van der Waals surface area contributed by atoms with Gasteiger partial charge < -0.3 is 10.1 Å². The first-order chi connectivity index (χ1) is 8.90. The zero-order valence-electron chi connectivity index (χ0n) is 12.1. The molecule has 0 saturated heterocycles. The average molecular weight is 253 g/mol. The zero-order valence-corrected chi connectivity index (χ0v) is 12.1. The zero-order chi connectivity index (χ0) is 12.6. The quantitative estimate of drug-likeness (QED) is 0.728. The molecule has 0 aromatic heterocycles. The predicted molar refractivity (Wildman–Crippen MR) is 76.8 cm³/mol. The van der Waals surface area contributed by atoms with E-state index in [0.717, 1.165) is 25.0 Å². The Morgan fingerprint density at radius 1 is 0.944 bits per heavy atom. The summed E-state index contributed by atoms with van der Waals surface area (Å²) in [6, 6.07) is 0.596. The molecule has 2 fully saturated rings. The number of likely N-dealkylation sites (N-methyl/N-ethyl adjacent to an activating group) is 1. The lowest BCUT2D eigenvalue weighted by atomic mass is 9.98. The highest BCUT2D eigenvalue weighted by Crippen LogP contribution is 2.28. The Balaban J connectivity index is 1.63. The predicted octanol–water partition coefficient (Wildman–Crippen LogP) is 3.75. The van der Waals surface area contributed by atoms with Gasteiger partial charge in [-0.3, -0.25) is 0 Å². The summed E-state index contributed by atoms with van der Waals surface area (Å²) in [6.07, 6.45) is 14.2. The van der Waals surface area contributed by atoms with Gasteiger partial charge in [0.25, 0.3) is 0 Å². The van der Waals surface area contributed by atoms with Crippen LogP contribution in [0.4, 0.5) is 0 Å². The first-order valence-corrected chi connectivity index (χ1v) is 8.15. The minimum Gasteiger partial charge on any atom is -0.380 e. The number of nitrogens with one attached hydrogen (secondary N) is 1. The monoisotopic (exact) mass is 253 g/mol. The molecule has 0 amide bonds. The second-order valence-corrected chi connectivity index (χ2v) is 6.33. The first kappa shape index (κ1) is 14.3. The summed E-state index contributed by atoms with van der Waals surface area (Å²) >= 11 is 0. The molecular formula is C16H31NO. The minimum atomic E-state index is 0.596. The number of rotatable bonds is 6. The van der Waals surface area contributed by atoms with E-state index in [9.17, 15) is 0 Å². The van der Waals surface area contributed by atoms with Gasteiger partial charge in [0.15, 0.2) is 0 Å². The molecule has 2 aliphatic carbocycles. The van der Waals surface area contributed by atoms with Gasteiger partial charge >= 0.3 is 0 Å². The molecule has 2 rings (SSSR count). The van der Waals surface area contributed by atoms with Crippen molar-refractivity contribution >= 4 is 0 Å². The Morgan fingerprint density at radius 2 is 1.56 bits per heavy atom. The van der Waals surface area contributed by atoms with E-state index in [2.05, 4.69) is 12.4 Å². The number of hydrogen-bond acceptors (Lipinski definition) is 2. The lowest BCUT2D eigenvalue weighted by Crippen LogP contribution is -2.37. The van der Waals surface area contributed by atoms with E-state index in [0.29, 0.717) is 6.04 Å². The van der Waals surface area contributed by atoms with Crippen molar-refractivity contribution in [3.8, 4) is 0 Å². The smallest absolute Gasteiger partial charge is 0.0622 e. The highest BCUT2D eigenvalue weighted by atomic mass is 16.5. The summed E-state index contributed by atoms with van der Waals surface area (Å²) in [4.78, 5) is 0. The fourth-order valence-corrected chi connectivity index (χ4v) is 3.71. The third kappa shape index (κ3) is 4.55. The molecule has 1 unspecified atom stereocenters. The summed E-state index contributed by atoms with van der Waals surface area (Å²) in [7, 11) is 2.10. The van der Waals surface area contributed by atoms with E-state index < -0.39 is 0 Å². The normalized spacial score (nSPS) is 25.2. The standard InChI is InChI=1S/C16H31NO/c1-17-16(15-10-6-7-11-15)13-18-12-14-8-4-2-3-5-9-14/h14-17H,2-13H2,1H3. The van der Waals surface area contributed by atoms with Crippen LogP contribution in [0.2, 0.25) is 0 Å². The molecule has 2 saturated carbocycles. The van der Waals surface area contributed by atoms with E-state index in [1.54, 1.807) is 0 Å². The highest BCUT2D eigenvalue weighted by molar-refractivity contribution is 4.79. The molecule has 18 heavy (non-hydrogen) atoms. The molecule has 1 N–H and O–H groups in total. The summed E-state index contributed by atoms with van der Waals surface area (Å²) in [5, 5.41) is 3.47. The molecular weight excluding hydrogens is 222 g/mol. The van der Waals surface area contributed by atoms with Gasteiger partial charge in [-0.15, -0.1) is 0 Å². The lowest BCUT2D eigenvalue weighted by molar-refractivity contribution is 0.0656. The third-order valence-corrected chi connectivity index (χ3v) is 4.97. The van der Waals surface area contributed by atoms with Crippen LogP contribution < -0.4 is 5.32 Å². The fourth-order valence-electron chi connectivity index (χ4n) is 3.71. The van der Waals surface area contributed by atoms with Gasteiger partial charge in [0, 0.05) is 12.6 Å². The van der Waals surface area contributed by atoms with Crippen LogP contribution in [0.1, 0.15) is 64.2 Å². The van der Waals surface area contributed by atoms with E-state index in [4.69, 9.17) is 4.74 Å². The van der Waals surface area contributed by atoms with E-state index in [-0.39, 0.29) is 0 Å². The maximum Gasteiger partial charge on any atom is 0.0622 e. The van der Waals surface area contributed by atoms with E-state index >= 15 is 0 Å². The van der Waals surface area contributed by atoms with Gasteiger partial charge in [-0.05, 0) is 44.6 Å². The molecule has 0 aliphatic heterocycles. The van der Waals surface area contributed by atoms with Crippen molar-refractivity contribution in [2.24, 2.45) is 11.8 Å². The average Bonchev–Trinajstić information content (AvgIpc) is 2.79. The fraction of sp³-hybridized carbons (Fsp3) is 1.00. The molecule has 0 aromatic rings. The van der Waals surface area contributed by atoms with Crippen LogP contribution in [0.25, 0.3) is 0 Å². The van der Waals surface area contributed by atoms with Crippen LogP contribution >= 0.6 is 0 Å². The molecule has 2 heteroatoms. The van der Waals surface area contributed by atoms with Crippen molar-refractivity contribution in [3.63, 3.8) is 0 Å². The molecule has 0 heterocycles. The van der Waals surface area contributed by atoms with Crippen molar-refractivity contribution in [1.82, 2.24) is 5.32 Å². The second kappa shape index (κ2) is 8.16. The molecule has 106 valence electrons. The van der Waals surface area contributed by atoms with Crippen LogP contribution in [-0.4, -0.2) is 26.3 Å². The molecule has 0 aromatic carbocycles. The molecule has 0 spiro atoms. The van der Waals surface area contributed by atoms with E-state index in [1.807, 2.05) is 0 Å². The second-order valence-electron chi connectivity index (χ2n) is 6.33. The Kier molecular flexibility index (Phi) is 6.50. The van der Waals surface area contributed by atoms with Crippen molar-refractivity contribution in [2.45, 2.75) is 70.3 Å². The molecule has 2 nitrogen and oxygen atoms in total. The Morgan fingerprint density at radius 3 is 2.17 bits per heavy atom. The maximum atomic E-state index is 6.03. The van der Waals surface area contributed by atoms with Gasteiger partial charge in [0.2, 0.25) is 0 Å². The minimum absolute atomic E-state index is 0.596. The van der Waals surface area contributed by atoms with Gasteiger partial charge in [-0.2, -0.15) is 0 Å². The van der Waals surface area contributed by atoms with Gasteiger partial charge in [0.1, 0.15) is 0 Å². The highest BCUT2D eigenvalue weighted by Gasteiger charge is 2.24. The number of ether oxygens (including phenoxy) is 1. The molecule has 0 bridgehead atoms. The third-order valence-electron chi connectivity index (χ3n) is 4.97. The first-order valence-electron chi connectivity index (χ1n) is 8.15. The number of hydrogen-bond donors (Lipinski definition) is 1. The van der Waals surface area contributed by atoms with Crippen molar-refractivity contribution < 1.29 is 4.74 Å². The molecule has 0 radical (unpaired) electrons. The van der Waals surface area contributed by atoms with Crippen molar-refractivity contribution in [1.29, 1.82) is 0 Å². The molecule has 2 aliphatic rings. The summed E-state index contributed by atoms with van der Waals surface area (Å²) < 4.78 is 6.03. The SMILES string of the molecule is CNC(COCC1CCCCCC1)C1CCCC1. The van der Waals surface area contributed by atoms with Crippen LogP contribution in [0.5, 0.6) is 0 Å².